The number of aromatic nitrogens is 4. The summed E-state index contributed by atoms with van der Waals surface area (Å²) in [5, 5.41) is 0. The number of anilines is 1. The molecule has 0 atom stereocenters. The molecule has 0 spiro atoms. The summed E-state index contributed by atoms with van der Waals surface area (Å²) in [7, 11) is 0. The van der Waals surface area contributed by atoms with Crippen molar-refractivity contribution in [3.8, 4) is 5.88 Å². The second kappa shape index (κ2) is 5.14. The molecule has 0 aliphatic carbocycles. The fraction of sp³-hybridized carbons (Fsp3) is 0.154. The molecular weight excluding hydrogens is 256 g/mol. The monoisotopic (exact) mass is 270 g/mol. The Morgan fingerprint density at radius 2 is 1.85 bits per heavy atom. The molecule has 0 aliphatic heterocycles. The first-order valence-electron chi connectivity index (χ1n) is 6.13. The van der Waals surface area contributed by atoms with Gasteiger partial charge < -0.3 is 21.2 Å². The van der Waals surface area contributed by atoms with Crippen molar-refractivity contribution in [2.45, 2.75) is 13.2 Å². The van der Waals surface area contributed by atoms with Crippen LogP contribution in [-0.2, 0) is 13.2 Å². The molecule has 0 saturated carbocycles. The first-order chi connectivity index (χ1) is 9.76. The standard InChI is InChI=1S/C13H14N6O/c14-5-8-1-3-9(4-2-8)6-20-12-10-11(17-7-16-10)18-13(15)19-12/h1-4,7H,5-6,14H2,(H3,15,16,17,18,19). The van der Waals surface area contributed by atoms with Gasteiger partial charge in [0.15, 0.2) is 5.65 Å². The Hall–Kier alpha value is -2.67. The van der Waals surface area contributed by atoms with Gasteiger partial charge in [-0.05, 0) is 11.1 Å². The Morgan fingerprint density at radius 3 is 2.60 bits per heavy atom. The van der Waals surface area contributed by atoms with Crippen molar-refractivity contribution in [2.75, 3.05) is 5.73 Å². The quantitative estimate of drug-likeness (QED) is 0.650. The molecule has 7 nitrogen and oxygen atoms in total. The Kier molecular flexibility index (Phi) is 3.18. The van der Waals surface area contributed by atoms with E-state index in [1.165, 1.54) is 6.33 Å². The SMILES string of the molecule is NCc1ccc(COc2nc(N)nc3nc[nH]c23)cc1. The van der Waals surface area contributed by atoms with E-state index in [1.54, 1.807) is 0 Å². The van der Waals surface area contributed by atoms with Crippen LogP contribution in [0.4, 0.5) is 5.95 Å². The molecule has 3 rings (SSSR count). The minimum atomic E-state index is 0.137. The van der Waals surface area contributed by atoms with E-state index >= 15 is 0 Å². The minimum Gasteiger partial charge on any atom is -0.471 e. The molecule has 0 unspecified atom stereocenters. The molecule has 7 heteroatoms. The lowest BCUT2D eigenvalue weighted by atomic mass is 10.1. The Balaban J connectivity index is 1.80. The zero-order chi connectivity index (χ0) is 13.9. The molecule has 20 heavy (non-hydrogen) atoms. The van der Waals surface area contributed by atoms with Crippen molar-refractivity contribution in [2.24, 2.45) is 5.73 Å². The second-order valence-corrected chi connectivity index (χ2v) is 4.30. The van der Waals surface area contributed by atoms with Crippen LogP contribution in [-0.4, -0.2) is 19.9 Å². The topological polar surface area (TPSA) is 116 Å². The van der Waals surface area contributed by atoms with Gasteiger partial charge in [0.05, 0.1) is 6.33 Å². The first kappa shape index (κ1) is 12.4. The number of nitrogen functional groups attached to an aromatic ring is 1. The van der Waals surface area contributed by atoms with Gasteiger partial charge in [-0.3, -0.25) is 0 Å². The van der Waals surface area contributed by atoms with Gasteiger partial charge in [-0.1, -0.05) is 24.3 Å². The number of benzene rings is 1. The molecule has 0 radical (unpaired) electrons. The summed E-state index contributed by atoms with van der Waals surface area (Å²) >= 11 is 0. The lowest BCUT2D eigenvalue weighted by Crippen LogP contribution is -2.03. The van der Waals surface area contributed by atoms with Crippen LogP contribution in [0.25, 0.3) is 11.2 Å². The van der Waals surface area contributed by atoms with Gasteiger partial charge in [-0.25, -0.2) is 4.98 Å². The lowest BCUT2D eigenvalue weighted by Gasteiger charge is -2.07. The van der Waals surface area contributed by atoms with E-state index in [0.29, 0.717) is 30.2 Å². The van der Waals surface area contributed by atoms with Crippen molar-refractivity contribution < 1.29 is 4.74 Å². The third-order valence-corrected chi connectivity index (χ3v) is 2.90. The van der Waals surface area contributed by atoms with Gasteiger partial charge >= 0.3 is 0 Å². The number of fused-ring (bicyclic) bond motifs is 1. The van der Waals surface area contributed by atoms with Gasteiger partial charge in [0.2, 0.25) is 11.8 Å². The maximum Gasteiger partial charge on any atom is 0.245 e. The normalized spacial score (nSPS) is 10.8. The average Bonchev–Trinajstić information content (AvgIpc) is 2.93. The van der Waals surface area contributed by atoms with E-state index in [-0.39, 0.29) is 5.95 Å². The Morgan fingerprint density at radius 1 is 1.10 bits per heavy atom. The highest BCUT2D eigenvalue weighted by atomic mass is 16.5. The Bertz CT molecular complexity index is 721. The third-order valence-electron chi connectivity index (χ3n) is 2.90. The fourth-order valence-corrected chi connectivity index (χ4v) is 1.85. The van der Waals surface area contributed by atoms with E-state index in [2.05, 4.69) is 19.9 Å². The number of nitrogens with one attached hydrogen (secondary N) is 1. The maximum absolute atomic E-state index is 5.68. The van der Waals surface area contributed by atoms with Crippen LogP contribution in [0.5, 0.6) is 5.88 Å². The summed E-state index contributed by atoms with van der Waals surface area (Å²) in [6.45, 7) is 0.910. The summed E-state index contributed by atoms with van der Waals surface area (Å²) < 4.78 is 5.68. The van der Waals surface area contributed by atoms with Crippen molar-refractivity contribution in [1.82, 2.24) is 19.9 Å². The van der Waals surface area contributed by atoms with E-state index in [0.717, 1.165) is 11.1 Å². The average molecular weight is 270 g/mol. The van der Waals surface area contributed by atoms with E-state index in [4.69, 9.17) is 16.2 Å². The van der Waals surface area contributed by atoms with Crippen LogP contribution in [0.1, 0.15) is 11.1 Å². The largest absolute Gasteiger partial charge is 0.471 e. The van der Waals surface area contributed by atoms with Crippen LogP contribution in [0.3, 0.4) is 0 Å². The molecule has 0 saturated heterocycles. The number of ether oxygens (including phenoxy) is 1. The fourth-order valence-electron chi connectivity index (χ4n) is 1.85. The second-order valence-electron chi connectivity index (χ2n) is 4.30. The number of hydrogen-bond acceptors (Lipinski definition) is 6. The van der Waals surface area contributed by atoms with Crippen LogP contribution in [0.2, 0.25) is 0 Å². The number of H-pyrrole nitrogens is 1. The van der Waals surface area contributed by atoms with Crippen LogP contribution >= 0.6 is 0 Å². The molecule has 0 fully saturated rings. The maximum atomic E-state index is 5.68. The van der Waals surface area contributed by atoms with Gasteiger partial charge in [0.1, 0.15) is 12.1 Å². The summed E-state index contributed by atoms with van der Waals surface area (Å²) in [6.07, 6.45) is 1.53. The third kappa shape index (κ3) is 2.39. The molecule has 0 aliphatic rings. The summed E-state index contributed by atoms with van der Waals surface area (Å²) in [6, 6.07) is 7.88. The molecule has 5 N–H and O–H groups in total. The van der Waals surface area contributed by atoms with Gasteiger partial charge in [0, 0.05) is 6.54 Å². The molecule has 2 aromatic heterocycles. The van der Waals surface area contributed by atoms with Crippen LogP contribution < -0.4 is 16.2 Å². The van der Waals surface area contributed by atoms with Crippen molar-refractivity contribution >= 4 is 17.1 Å². The molecular formula is C13H14N6O. The number of hydrogen-bond donors (Lipinski definition) is 3. The zero-order valence-corrected chi connectivity index (χ0v) is 10.7. The van der Waals surface area contributed by atoms with E-state index in [9.17, 15) is 0 Å². The van der Waals surface area contributed by atoms with Crippen molar-refractivity contribution in [3.05, 3.63) is 41.7 Å². The smallest absolute Gasteiger partial charge is 0.245 e. The molecule has 102 valence electrons. The highest BCUT2D eigenvalue weighted by Crippen LogP contribution is 2.20. The zero-order valence-electron chi connectivity index (χ0n) is 10.7. The van der Waals surface area contributed by atoms with Crippen LogP contribution in [0, 0.1) is 0 Å². The highest BCUT2D eigenvalue weighted by Gasteiger charge is 2.09. The van der Waals surface area contributed by atoms with Gasteiger partial charge in [0.25, 0.3) is 0 Å². The number of nitrogens with two attached hydrogens (primary N) is 2. The van der Waals surface area contributed by atoms with E-state index in [1.807, 2.05) is 24.3 Å². The molecule has 3 aromatic rings. The Labute approximate surface area is 115 Å². The molecule has 1 aromatic carbocycles. The number of rotatable bonds is 4. The predicted octanol–water partition coefficient (Wildman–Crippen LogP) is 0.973. The molecule has 0 bridgehead atoms. The minimum absolute atomic E-state index is 0.137. The summed E-state index contributed by atoms with van der Waals surface area (Å²) in [4.78, 5) is 15.1. The summed E-state index contributed by atoms with van der Waals surface area (Å²) in [5.41, 5.74) is 14.4. The molecule has 2 heterocycles. The van der Waals surface area contributed by atoms with Crippen molar-refractivity contribution in [3.63, 3.8) is 0 Å². The predicted molar refractivity (Wildman–Crippen MR) is 74.8 cm³/mol. The first-order valence-corrected chi connectivity index (χ1v) is 6.13. The van der Waals surface area contributed by atoms with Gasteiger partial charge in [-0.2, -0.15) is 9.97 Å². The summed E-state index contributed by atoms with van der Waals surface area (Å²) in [5.74, 6) is 0.533. The van der Waals surface area contributed by atoms with Crippen molar-refractivity contribution in [1.29, 1.82) is 0 Å². The van der Waals surface area contributed by atoms with Gasteiger partial charge in [-0.15, -0.1) is 0 Å². The number of nitrogens with zero attached hydrogens (tertiary/aromatic N) is 3. The van der Waals surface area contributed by atoms with Crippen LogP contribution in [0.15, 0.2) is 30.6 Å². The number of aromatic amines is 1. The number of imidazole rings is 1. The van der Waals surface area contributed by atoms with E-state index < -0.39 is 0 Å². The molecule has 0 amide bonds. The lowest BCUT2D eigenvalue weighted by molar-refractivity contribution is 0.297. The highest BCUT2D eigenvalue weighted by molar-refractivity contribution is 5.76.